The third-order valence-electron chi connectivity index (χ3n) is 5.52. The van der Waals surface area contributed by atoms with E-state index in [9.17, 15) is 4.79 Å². The highest BCUT2D eigenvalue weighted by Crippen LogP contribution is 2.31. The molecule has 5 aromatic rings. The standard InChI is InChI=1S/C26H23N3OS2/c1-17(2)20-12-10-18(11-13-20)15-29-25(30)23-22(21-9-6-14-27-24(21)32-23)28-26(29)31-16-19-7-4-3-5-8-19/h3-14,17H,15-16H2,1-2H3. The molecule has 0 saturated heterocycles. The molecule has 2 aromatic carbocycles. The van der Waals surface area contributed by atoms with Crippen molar-refractivity contribution >= 4 is 43.5 Å². The van der Waals surface area contributed by atoms with Gasteiger partial charge >= 0.3 is 0 Å². The van der Waals surface area contributed by atoms with Gasteiger partial charge in [0.05, 0.1) is 12.1 Å². The van der Waals surface area contributed by atoms with E-state index in [4.69, 9.17) is 4.98 Å². The van der Waals surface area contributed by atoms with Crippen molar-refractivity contribution in [3.8, 4) is 0 Å². The Morgan fingerprint density at radius 2 is 1.75 bits per heavy atom. The van der Waals surface area contributed by atoms with Crippen LogP contribution < -0.4 is 5.56 Å². The lowest BCUT2D eigenvalue weighted by atomic mass is 10.0. The largest absolute Gasteiger partial charge is 0.282 e. The van der Waals surface area contributed by atoms with Gasteiger partial charge in [0.15, 0.2) is 5.16 Å². The molecule has 3 aromatic heterocycles. The lowest BCUT2D eigenvalue weighted by Gasteiger charge is -2.13. The van der Waals surface area contributed by atoms with Crippen LogP contribution in [-0.2, 0) is 12.3 Å². The van der Waals surface area contributed by atoms with Crippen molar-refractivity contribution in [2.75, 3.05) is 0 Å². The monoisotopic (exact) mass is 457 g/mol. The molecule has 0 fully saturated rings. The van der Waals surface area contributed by atoms with Crippen molar-refractivity contribution < 1.29 is 0 Å². The van der Waals surface area contributed by atoms with Gasteiger partial charge in [-0.1, -0.05) is 80.2 Å². The minimum Gasteiger partial charge on any atom is -0.282 e. The summed E-state index contributed by atoms with van der Waals surface area (Å²) in [6, 6.07) is 22.7. The summed E-state index contributed by atoms with van der Waals surface area (Å²) in [5, 5.41) is 1.68. The van der Waals surface area contributed by atoms with Gasteiger partial charge in [-0.3, -0.25) is 9.36 Å². The molecule has 6 heteroatoms. The van der Waals surface area contributed by atoms with E-state index in [0.29, 0.717) is 17.2 Å². The summed E-state index contributed by atoms with van der Waals surface area (Å²) in [4.78, 5) is 23.9. The Hall–Kier alpha value is -2.96. The average Bonchev–Trinajstić information content (AvgIpc) is 3.20. The lowest BCUT2D eigenvalue weighted by molar-refractivity contribution is 0.659. The molecule has 0 bridgehead atoms. The maximum atomic E-state index is 13.6. The van der Waals surface area contributed by atoms with Gasteiger partial charge in [0, 0.05) is 17.3 Å². The van der Waals surface area contributed by atoms with Gasteiger partial charge in [0.2, 0.25) is 0 Å². The number of fused-ring (bicyclic) bond motifs is 3. The molecule has 0 aliphatic rings. The first-order valence-electron chi connectivity index (χ1n) is 10.6. The van der Waals surface area contributed by atoms with Crippen molar-refractivity contribution in [2.45, 2.75) is 37.2 Å². The summed E-state index contributed by atoms with van der Waals surface area (Å²) >= 11 is 3.03. The maximum absolute atomic E-state index is 13.6. The summed E-state index contributed by atoms with van der Waals surface area (Å²) in [6.45, 7) is 4.87. The molecule has 4 nitrogen and oxygen atoms in total. The van der Waals surface area contributed by atoms with Gasteiger partial charge in [-0.25, -0.2) is 9.97 Å². The van der Waals surface area contributed by atoms with E-state index in [2.05, 4.69) is 55.2 Å². The van der Waals surface area contributed by atoms with Crippen molar-refractivity contribution in [1.29, 1.82) is 0 Å². The molecule has 0 aliphatic carbocycles. The van der Waals surface area contributed by atoms with E-state index in [0.717, 1.165) is 32.2 Å². The molecule has 0 radical (unpaired) electrons. The lowest BCUT2D eigenvalue weighted by Crippen LogP contribution is -2.23. The summed E-state index contributed by atoms with van der Waals surface area (Å²) in [5.74, 6) is 1.23. The highest BCUT2D eigenvalue weighted by molar-refractivity contribution is 7.98. The zero-order valence-electron chi connectivity index (χ0n) is 18.0. The molecule has 32 heavy (non-hydrogen) atoms. The molecular weight excluding hydrogens is 434 g/mol. The van der Waals surface area contributed by atoms with Gasteiger partial charge in [0.1, 0.15) is 9.53 Å². The molecule has 0 spiro atoms. The first-order chi connectivity index (χ1) is 15.6. The van der Waals surface area contributed by atoms with Crippen molar-refractivity contribution in [3.63, 3.8) is 0 Å². The summed E-state index contributed by atoms with van der Waals surface area (Å²) in [5.41, 5.74) is 4.35. The molecule has 3 heterocycles. The third-order valence-corrected chi connectivity index (χ3v) is 7.65. The second-order valence-electron chi connectivity index (χ2n) is 8.09. The number of hydrogen-bond acceptors (Lipinski definition) is 5. The molecule has 0 saturated carbocycles. The van der Waals surface area contributed by atoms with Crippen LogP contribution in [-0.4, -0.2) is 14.5 Å². The van der Waals surface area contributed by atoms with E-state index < -0.39 is 0 Å². The van der Waals surface area contributed by atoms with E-state index in [-0.39, 0.29) is 5.56 Å². The molecular formula is C26H23N3OS2. The highest BCUT2D eigenvalue weighted by atomic mass is 32.2. The maximum Gasteiger partial charge on any atom is 0.272 e. The SMILES string of the molecule is CC(C)c1ccc(Cn2c(SCc3ccccc3)nc3c(sc4ncccc43)c2=O)cc1. The number of hydrogen-bond donors (Lipinski definition) is 0. The third kappa shape index (κ3) is 4.08. The van der Waals surface area contributed by atoms with Crippen LogP contribution >= 0.6 is 23.1 Å². The fraction of sp³-hybridized carbons (Fsp3) is 0.192. The van der Waals surface area contributed by atoms with Crippen LogP contribution in [0.3, 0.4) is 0 Å². The fourth-order valence-corrected chi connectivity index (χ4v) is 5.68. The molecule has 0 N–H and O–H groups in total. The highest BCUT2D eigenvalue weighted by Gasteiger charge is 2.17. The normalized spacial score (nSPS) is 11.6. The Bertz CT molecular complexity index is 1440. The number of rotatable bonds is 6. The molecule has 160 valence electrons. The van der Waals surface area contributed by atoms with Crippen LogP contribution in [0.1, 0.15) is 36.5 Å². The average molecular weight is 458 g/mol. The summed E-state index contributed by atoms with van der Waals surface area (Å²) in [7, 11) is 0. The minimum atomic E-state index is 0.00139. The number of pyridine rings is 1. The van der Waals surface area contributed by atoms with Gasteiger partial charge in [-0.2, -0.15) is 0 Å². The predicted octanol–water partition coefficient (Wildman–Crippen LogP) is 6.47. The Morgan fingerprint density at radius 1 is 0.969 bits per heavy atom. The Morgan fingerprint density at radius 3 is 2.50 bits per heavy atom. The van der Waals surface area contributed by atoms with E-state index >= 15 is 0 Å². The quantitative estimate of drug-likeness (QED) is 0.217. The molecule has 0 aliphatic heterocycles. The van der Waals surface area contributed by atoms with Gasteiger partial charge in [-0.15, -0.1) is 11.3 Å². The van der Waals surface area contributed by atoms with Crippen molar-refractivity contribution in [2.24, 2.45) is 0 Å². The zero-order chi connectivity index (χ0) is 22.1. The van der Waals surface area contributed by atoms with Crippen LogP contribution in [0.25, 0.3) is 20.4 Å². The topological polar surface area (TPSA) is 47.8 Å². The Labute approximate surface area is 195 Å². The van der Waals surface area contributed by atoms with E-state index in [1.807, 2.05) is 34.9 Å². The zero-order valence-corrected chi connectivity index (χ0v) is 19.6. The van der Waals surface area contributed by atoms with Crippen LogP contribution in [0.15, 0.2) is 82.9 Å². The molecule has 0 atom stereocenters. The van der Waals surface area contributed by atoms with Gasteiger partial charge in [0.25, 0.3) is 5.56 Å². The molecule has 5 rings (SSSR count). The van der Waals surface area contributed by atoms with Crippen LogP contribution in [0, 0.1) is 0 Å². The minimum absolute atomic E-state index is 0.00139. The van der Waals surface area contributed by atoms with E-state index in [1.165, 1.54) is 22.5 Å². The van der Waals surface area contributed by atoms with Gasteiger partial charge in [-0.05, 0) is 34.7 Å². The second-order valence-corrected chi connectivity index (χ2v) is 10.0. The number of benzene rings is 2. The Kier molecular flexibility index (Phi) is 5.81. The fourth-order valence-electron chi connectivity index (χ4n) is 3.70. The van der Waals surface area contributed by atoms with Crippen molar-refractivity contribution in [1.82, 2.24) is 14.5 Å². The summed E-state index contributed by atoms with van der Waals surface area (Å²) < 4.78 is 2.48. The second kappa shape index (κ2) is 8.88. The number of nitrogens with zero attached hydrogens (tertiary/aromatic N) is 3. The van der Waals surface area contributed by atoms with Gasteiger partial charge < -0.3 is 0 Å². The predicted molar refractivity (Wildman–Crippen MR) is 135 cm³/mol. The first-order valence-corrected chi connectivity index (χ1v) is 12.4. The summed E-state index contributed by atoms with van der Waals surface area (Å²) in [6.07, 6.45) is 1.76. The van der Waals surface area contributed by atoms with E-state index in [1.54, 1.807) is 18.0 Å². The number of aromatic nitrogens is 3. The number of thioether (sulfide) groups is 1. The van der Waals surface area contributed by atoms with Crippen LogP contribution in [0.4, 0.5) is 0 Å². The van der Waals surface area contributed by atoms with Crippen molar-refractivity contribution in [3.05, 3.63) is 100.0 Å². The Balaban J connectivity index is 1.60. The molecule has 0 amide bonds. The first kappa shape index (κ1) is 20.9. The van der Waals surface area contributed by atoms with Crippen LogP contribution in [0.2, 0.25) is 0 Å². The van der Waals surface area contributed by atoms with Crippen LogP contribution in [0.5, 0.6) is 0 Å². The number of thiophene rings is 1. The smallest absolute Gasteiger partial charge is 0.272 e. The molecule has 0 unspecified atom stereocenters.